The second-order valence-corrected chi connectivity index (χ2v) is 4.48. The molecule has 1 saturated heterocycles. The lowest BCUT2D eigenvalue weighted by Gasteiger charge is -2.23. The third-order valence-electron chi connectivity index (χ3n) is 3.02. The van der Waals surface area contributed by atoms with Crippen LogP contribution in [0.3, 0.4) is 0 Å². The van der Waals surface area contributed by atoms with Gasteiger partial charge in [-0.2, -0.15) is 0 Å². The van der Waals surface area contributed by atoms with Gasteiger partial charge in [0.15, 0.2) is 0 Å². The predicted octanol–water partition coefficient (Wildman–Crippen LogP) is 1.08. The summed E-state index contributed by atoms with van der Waals surface area (Å²) in [6.07, 6.45) is 1.57. The summed E-state index contributed by atoms with van der Waals surface area (Å²) in [5, 5.41) is 5.09. The quantitative estimate of drug-likeness (QED) is 0.818. The maximum atomic E-state index is 11.3. The van der Waals surface area contributed by atoms with Gasteiger partial charge in [0.05, 0.1) is 18.2 Å². The second-order valence-electron chi connectivity index (χ2n) is 4.48. The standard InChI is InChI=1S/C13H19N3O/c1-10-8-13(17)15-16(10)12-5-3-4-11(9-12)6-7-14-2/h3-5,9-10,14H,6-8H2,1-2H3,(H,15,17). The van der Waals surface area contributed by atoms with Crippen LogP contribution in [0.4, 0.5) is 5.69 Å². The van der Waals surface area contributed by atoms with Gasteiger partial charge in [0.2, 0.25) is 5.91 Å². The molecule has 1 aliphatic heterocycles. The van der Waals surface area contributed by atoms with E-state index in [1.165, 1.54) is 5.56 Å². The highest BCUT2D eigenvalue weighted by Gasteiger charge is 2.26. The fourth-order valence-electron chi connectivity index (χ4n) is 2.10. The summed E-state index contributed by atoms with van der Waals surface area (Å²) in [5.74, 6) is 0.0955. The van der Waals surface area contributed by atoms with E-state index >= 15 is 0 Å². The zero-order valence-corrected chi connectivity index (χ0v) is 10.4. The zero-order chi connectivity index (χ0) is 12.3. The van der Waals surface area contributed by atoms with Gasteiger partial charge in [-0.25, -0.2) is 0 Å². The monoisotopic (exact) mass is 233 g/mol. The molecule has 0 spiro atoms. The van der Waals surface area contributed by atoms with E-state index < -0.39 is 0 Å². The normalized spacial score (nSPS) is 19.5. The maximum Gasteiger partial charge on any atom is 0.240 e. The van der Waals surface area contributed by atoms with Crippen molar-refractivity contribution in [3.63, 3.8) is 0 Å². The van der Waals surface area contributed by atoms with Crippen molar-refractivity contribution in [2.45, 2.75) is 25.8 Å². The Morgan fingerprint density at radius 2 is 2.35 bits per heavy atom. The molecule has 0 aromatic heterocycles. The highest BCUT2D eigenvalue weighted by molar-refractivity contribution is 5.82. The lowest BCUT2D eigenvalue weighted by molar-refractivity contribution is -0.119. The number of rotatable bonds is 4. The van der Waals surface area contributed by atoms with Gasteiger partial charge in [-0.15, -0.1) is 0 Å². The van der Waals surface area contributed by atoms with Crippen LogP contribution in [0.2, 0.25) is 0 Å². The van der Waals surface area contributed by atoms with Crippen molar-refractivity contribution in [3.05, 3.63) is 29.8 Å². The van der Waals surface area contributed by atoms with E-state index in [0.717, 1.165) is 18.7 Å². The Morgan fingerprint density at radius 3 is 3.00 bits per heavy atom. The third-order valence-corrected chi connectivity index (χ3v) is 3.02. The Bertz CT molecular complexity index is 405. The minimum atomic E-state index is 0.0955. The largest absolute Gasteiger partial charge is 0.319 e. The van der Waals surface area contributed by atoms with E-state index in [4.69, 9.17) is 0 Å². The minimum absolute atomic E-state index is 0.0955. The van der Waals surface area contributed by atoms with Crippen LogP contribution in [0.25, 0.3) is 0 Å². The van der Waals surface area contributed by atoms with Crippen LogP contribution < -0.4 is 15.8 Å². The molecule has 4 nitrogen and oxygen atoms in total. The summed E-state index contributed by atoms with van der Waals surface area (Å²) in [5.41, 5.74) is 5.23. The van der Waals surface area contributed by atoms with Crippen LogP contribution in [0.1, 0.15) is 18.9 Å². The molecule has 1 amide bonds. The molecule has 1 heterocycles. The summed E-state index contributed by atoms with van der Waals surface area (Å²) in [4.78, 5) is 11.3. The molecule has 92 valence electrons. The molecule has 2 rings (SSSR count). The van der Waals surface area contributed by atoms with Crippen LogP contribution >= 0.6 is 0 Å². The van der Waals surface area contributed by atoms with Crippen molar-refractivity contribution in [2.24, 2.45) is 0 Å². The number of nitrogens with one attached hydrogen (secondary N) is 2. The number of anilines is 1. The molecule has 1 aromatic rings. The number of carbonyl (C=O) groups excluding carboxylic acids is 1. The first kappa shape index (κ1) is 11.9. The molecule has 2 N–H and O–H groups in total. The van der Waals surface area contributed by atoms with E-state index in [0.29, 0.717) is 6.42 Å². The molecule has 4 heteroatoms. The highest BCUT2D eigenvalue weighted by atomic mass is 16.2. The molecule has 1 unspecified atom stereocenters. The van der Waals surface area contributed by atoms with Gasteiger partial charge in [0.25, 0.3) is 0 Å². The van der Waals surface area contributed by atoms with Crippen molar-refractivity contribution in [3.8, 4) is 0 Å². The Kier molecular flexibility index (Phi) is 3.64. The second kappa shape index (κ2) is 5.19. The third kappa shape index (κ3) is 2.77. The molecule has 0 aliphatic carbocycles. The topological polar surface area (TPSA) is 44.4 Å². The average molecular weight is 233 g/mol. The predicted molar refractivity (Wildman–Crippen MR) is 68.8 cm³/mol. The smallest absolute Gasteiger partial charge is 0.240 e. The summed E-state index contributed by atoms with van der Waals surface area (Å²) in [6, 6.07) is 8.55. The molecule has 1 atom stereocenters. The number of carbonyl (C=O) groups is 1. The van der Waals surface area contributed by atoms with Crippen molar-refractivity contribution >= 4 is 11.6 Å². The molecular weight excluding hydrogens is 214 g/mol. The van der Waals surface area contributed by atoms with Gasteiger partial charge < -0.3 is 5.32 Å². The van der Waals surface area contributed by atoms with Crippen molar-refractivity contribution in [1.82, 2.24) is 10.7 Å². The van der Waals surface area contributed by atoms with Gasteiger partial charge in [0.1, 0.15) is 0 Å². The van der Waals surface area contributed by atoms with Crippen molar-refractivity contribution in [2.75, 3.05) is 18.6 Å². The van der Waals surface area contributed by atoms with Crippen molar-refractivity contribution in [1.29, 1.82) is 0 Å². The highest BCUT2D eigenvalue weighted by Crippen LogP contribution is 2.21. The van der Waals surface area contributed by atoms with Gasteiger partial charge in [-0.3, -0.25) is 15.2 Å². The summed E-state index contributed by atoms with van der Waals surface area (Å²) in [7, 11) is 1.95. The lowest BCUT2D eigenvalue weighted by atomic mass is 10.1. The van der Waals surface area contributed by atoms with Crippen LogP contribution in [-0.4, -0.2) is 25.5 Å². The minimum Gasteiger partial charge on any atom is -0.319 e. The first-order chi connectivity index (χ1) is 8.20. The molecule has 1 aromatic carbocycles. The Hall–Kier alpha value is -1.55. The number of hydrogen-bond donors (Lipinski definition) is 2. The molecular formula is C13H19N3O. The zero-order valence-electron chi connectivity index (χ0n) is 10.4. The van der Waals surface area contributed by atoms with E-state index in [2.05, 4.69) is 29.8 Å². The SMILES string of the molecule is CNCCc1cccc(N2NC(=O)CC2C)c1. The summed E-state index contributed by atoms with van der Waals surface area (Å²) < 4.78 is 0. The number of hydrogen-bond acceptors (Lipinski definition) is 3. The first-order valence-corrected chi connectivity index (χ1v) is 6.03. The van der Waals surface area contributed by atoms with E-state index in [1.807, 2.05) is 24.2 Å². The number of benzene rings is 1. The Balaban J connectivity index is 2.12. The fourth-order valence-corrected chi connectivity index (χ4v) is 2.10. The van der Waals surface area contributed by atoms with Gasteiger partial charge >= 0.3 is 0 Å². The molecule has 0 saturated carbocycles. The number of hydrazine groups is 1. The van der Waals surface area contributed by atoms with E-state index in [1.54, 1.807) is 0 Å². The molecule has 0 radical (unpaired) electrons. The van der Waals surface area contributed by atoms with E-state index in [-0.39, 0.29) is 11.9 Å². The molecule has 0 bridgehead atoms. The summed E-state index contributed by atoms with van der Waals surface area (Å²) >= 11 is 0. The number of likely N-dealkylation sites (N-methyl/N-ethyl adjacent to an activating group) is 1. The average Bonchev–Trinajstić information content (AvgIpc) is 2.66. The van der Waals surface area contributed by atoms with Crippen LogP contribution in [0, 0.1) is 0 Å². The molecule has 17 heavy (non-hydrogen) atoms. The van der Waals surface area contributed by atoms with Crippen LogP contribution in [0.15, 0.2) is 24.3 Å². The molecule has 1 fully saturated rings. The van der Waals surface area contributed by atoms with Gasteiger partial charge in [-0.05, 0) is 44.6 Å². The van der Waals surface area contributed by atoms with E-state index in [9.17, 15) is 4.79 Å². The lowest BCUT2D eigenvalue weighted by Crippen LogP contribution is -2.37. The van der Waals surface area contributed by atoms with Crippen molar-refractivity contribution < 1.29 is 4.79 Å². The molecule has 1 aliphatic rings. The summed E-state index contributed by atoms with van der Waals surface area (Å²) in [6.45, 7) is 3.02. The first-order valence-electron chi connectivity index (χ1n) is 6.03. The number of amides is 1. The van der Waals surface area contributed by atoms with Crippen LogP contribution in [0.5, 0.6) is 0 Å². The Labute approximate surface area is 102 Å². The maximum absolute atomic E-state index is 11.3. The number of nitrogens with zero attached hydrogens (tertiary/aromatic N) is 1. The van der Waals surface area contributed by atoms with Gasteiger partial charge in [-0.1, -0.05) is 12.1 Å². The fraction of sp³-hybridized carbons (Fsp3) is 0.462. The van der Waals surface area contributed by atoms with Crippen LogP contribution in [-0.2, 0) is 11.2 Å². The Morgan fingerprint density at radius 1 is 1.53 bits per heavy atom. The van der Waals surface area contributed by atoms with Gasteiger partial charge in [0, 0.05) is 0 Å².